The Morgan fingerprint density at radius 2 is 2.64 bits per heavy atom. The molecule has 1 heterocycles. The van der Waals surface area contributed by atoms with E-state index in [4.69, 9.17) is 11.6 Å². The van der Waals surface area contributed by atoms with Gasteiger partial charge in [-0.25, -0.2) is 0 Å². The number of amides is 1. The lowest BCUT2D eigenvalue weighted by Crippen LogP contribution is -2.19. The van der Waals surface area contributed by atoms with Crippen LogP contribution in [0.3, 0.4) is 0 Å². The molecule has 0 bridgehead atoms. The first-order chi connectivity index (χ1) is 5.24. The molecule has 0 aromatic rings. The van der Waals surface area contributed by atoms with E-state index < -0.39 is 0 Å². The van der Waals surface area contributed by atoms with Crippen molar-refractivity contribution in [1.29, 1.82) is 0 Å². The van der Waals surface area contributed by atoms with Gasteiger partial charge in [0, 0.05) is 18.0 Å². The first-order valence-corrected chi connectivity index (χ1v) is 4.21. The second-order valence-electron chi connectivity index (χ2n) is 2.94. The SMILES string of the molecule is CC(=CCl)CC1CCNC1=O. The lowest BCUT2D eigenvalue weighted by atomic mass is 10.0. The summed E-state index contributed by atoms with van der Waals surface area (Å²) in [6.07, 6.45) is 1.75. The van der Waals surface area contributed by atoms with Gasteiger partial charge in [0.2, 0.25) is 5.91 Å². The van der Waals surface area contributed by atoms with E-state index in [1.807, 2.05) is 6.92 Å². The fourth-order valence-corrected chi connectivity index (χ4v) is 1.36. The zero-order valence-corrected chi connectivity index (χ0v) is 7.32. The van der Waals surface area contributed by atoms with Gasteiger partial charge in [0.25, 0.3) is 0 Å². The van der Waals surface area contributed by atoms with E-state index in [9.17, 15) is 4.79 Å². The molecule has 0 saturated carbocycles. The van der Waals surface area contributed by atoms with Crippen LogP contribution in [-0.2, 0) is 4.79 Å². The Balaban J connectivity index is 2.43. The summed E-state index contributed by atoms with van der Waals surface area (Å²) < 4.78 is 0. The van der Waals surface area contributed by atoms with Gasteiger partial charge in [-0.05, 0) is 19.8 Å². The summed E-state index contributed by atoms with van der Waals surface area (Å²) in [5, 5.41) is 2.79. The minimum atomic E-state index is 0.157. The Morgan fingerprint density at radius 3 is 3.09 bits per heavy atom. The van der Waals surface area contributed by atoms with Crippen LogP contribution in [0.5, 0.6) is 0 Å². The van der Waals surface area contributed by atoms with E-state index in [0.29, 0.717) is 0 Å². The number of rotatable bonds is 2. The van der Waals surface area contributed by atoms with E-state index in [1.54, 1.807) is 5.54 Å². The lowest BCUT2D eigenvalue weighted by molar-refractivity contribution is -0.122. The van der Waals surface area contributed by atoms with Crippen molar-refractivity contribution in [2.45, 2.75) is 19.8 Å². The van der Waals surface area contributed by atoms with Crippen LogP contribution < -0.4 is 5.32 Å². The predicted octanol–water partition coefficient (Wildman–Crippen LogP) is 1.66. The molecule has 1 atom stereocenters. The van der Waals surface area contributed by atoms with Crippen molar-refractivity contribution in [2.75, 3.05) is 6.54 Å². The monoisotopic (exact) mass is 173 g/mol. The second-order valence-corrected chi connectivity index (χ2v) is 3.15. The quantitative estimate of drug-likeness (QED) is 0.676. The van der Waals surface area contributed by atoms with Crippen molar-refractivity contribution in [1.82, 2.24) is 5.32 Å². The Bertz CT molecular complexity index is 189. The van der Waals surface area contributed by atoms with Crippen LogP contribution >= 0.6 is 11.6 Å². The maximum absolute atomic E-state index is 11.0. The number of carbonyl (C=O) groups excluding carboxylic acids is 1. The predicted molar refractivity (Wildman–Crippen MR) is 45.3 cm³/mol. The summed E-state index contributed by atoms with van der Waals surface area (Å²) in [5.74, 6) is 0.327. The van der Waals surface area contributed by atoms with Crippen molar-refractivity contribution in [3.63, 3.8) is 0 Å². The number of allylic oxidation sites excluding steroid dienone is 1. The van der Waals surface area contributed by atoms with Gasteiger partial charge in [-0.1, -0.05) is 17.2 Å². The van der Waals surface area contributed by atoms with Gasteiger partial charge in [0.1, 0.15) is 0 Å². The summed E-state index contributed by atoms with van der Waals surface area (Å²) in [6.45, 7) is 2.76. The van der Waals surface area contributed by atoms with Crippen molar-refractivity contribution < 1.29 is 4.79 Å². The third-order valence-corrected chi connectivity index (χ3v) is 2.29. The topological polar surface area (TPSA) is 29.1 Å². The van der Waals surface area contributed by atoms with E-state index in [-0.39, 0.29) is 11.8 Å². The summed E-state index contributed by atoms with van der Waals surface area (Å²) in [4.78, 5) is 11.0. The standard InChI is InChI=1S/C8H12ClNO/c1-6(5-9)4-7-2-3-10-8(7)11/h5,7H,2-4H2,1H3,(H,10,11). The molecule has 1 fully saturated rings. The highest BCUT2D eigenvalue weighted by Crippen LogP contribution is 2.18. The Hall–Kier alpha value is -0.500. The molecule has 62 valence electrons. The highest BCUT2D eigenvalue weighted by atomic mass is 35.5. The summed E-state index contributed by atoms with van der Waals surface area (Å²) in [6, 6.07) is 0. The highest BCUT2D eigenvalue weighted by Gasteiger charge is 2.23. The van der Waals surface area contributed by atoms with Gasteiger partial charge in [0.15, 0.2) is 0 Å². The zero-order chi connectivity index (χ0) is 8.27. The molecule has 1 N–H and O–H groups in total. The summed E-state index contributed by atoms with van der Waals surface area (Å²) in [5.41, 5.74) is 2.62. The van der Waals surface area contributed by atoms with Crippen molar-refractivity contribution in [2.24, 2.45) is 5.92 Å². The third kappa shape index (κ3) is 2.22. The van der Waals surface area contributed by atoms with Crippen LogP contribution in [0.15, 0.2) is 11.1 Å². The molecule has 2 nitrogen and oxygen atoms in total. The molecular weight excluding hydrogens is 162 g/mol. The molecule has 1 aliphatic rings. The molecule has 0 aliphatic carbocycles. The summed E-state index contributed by atoms with van der Waals surface area (Å²) in [7, 11) is 0. The Labute approximate surface area is 71.6 Å². The molecule has 1 saturated heterocycles. The number of hydrogen-bond acceptors (Lipinski definition) is 1. The van der Waals surface area contributed by atoms with Crippen LogP contribution in [0.25, 0.3) is 0 Å². The molecule has 1 amide bonds. The molecule has 0 radical (unpaired) electrons. The van der Waals surface area contributed by atoms with E-state index >= 15 is 0 Å². The zero-order valence-electron chi connectivity index (χ0n) is 6.56. The highest BCUT2D eigenvalue weighted by molar-refractivity contribution is 6.25. The molecular formula is C8H12ClNO. The minimum Gasteiger partial charge on any atom is -0.356 e. The molecule has 0 spiro atoms. The number of hydrogen-bond donors (Lipinski definition) is 1. The molecule has 1 unspecified atom stereocenters. The first kappa shape index (κ1) is 8.60. The molecule has 11 heavy (non-hydrogen) atoms. The van der Waals surface area contributed by atoms with Gasteiger partial charge in [-0.3, -0.25) is 4.79 Å². The molecule has 0 aromatic carbocycles. The molecule has 1 rings (SSSR count). The average Bonchev–Trinajstić information content (AvgIpc) is 2.37. The Morgan fingerprint density at radius 1 is 1.91 bits per heavy atom. The van der Waals surface area contributed by atoms with Crippen LogP contribution in [0.1, 0.15) is 19.8 Å². The van der Waals surface area contributed by atoms with Crippen molar-refractivity contribution in [3.8, 4) is 0 Å². The minimum absolute atomic E-state index is 0.157. The number of carbonyl (C=O) groups is 1. The number of halogens is 1. The maximum atomic E-state index is 11.0. The van der Waals surface area contributed by atoms with E-state index in [0.717, 1.165) is 25.0 Å². The van der Waals surface area contributed by atoms with Crippen LogP contribution in [0.2, 0.25) is 0 Å². The van der Waals surface area contributed by atoms with E-state index in [2.05, 4.69) is 5.32 Å². The van der Waals surface area contributed by atoms with E-state index in [1.165, 1.54) is 0 Å². The molecule has 3 heteroatoms. The van der Waals surface area contributed by atoms with Crippen LogP contribution in [-0.4, -0.2) is 12.5 Å². The fraction of sp³-hybridized carbons (Fsp3) is 0.625. The first-order valence-electron chi connectivity index (χ1n) is 3.77. The van der Waals surface area contributed by atoms with Gasteiger partial charge >= 0.3 is 0 Å². The maximum Gasteiger partial charge on any atom is 0.223 e. The third-order valence-electron chi connectivity index (χ3n) is 1.92. The fourth-order valence-electron chi connectivity index (χ4n) is 1.27. The lowest BCUT2D eigenvalue weighted by Gasteiger charge is -2.04. The van der Waals surface area contributed by atoms with Crippen molar-refractivity contribution >= 4 is 17.5 Å². The molecule has 0 aromatic heterocycles. The van der Waals surface area contributed by atoms with Gasteiger partial charge in [-0.15, -0.1) is 0 Å². The van der Waals surface area contributed by atoms with Crippen LogP contribution in [0.4, 0.5) is 0 Å². The van der Waals surface area contributed by atoms with Gasteiger partial charge in [-0.2, -0.15) is 0 Å². The smallest absolute Gasteiger partial charge is 0.223 e. The Kier molecular flexibility index (Phi) is 2.94. The summed E-state index contributed by atoms with van der Waals surface area (Å²) >= 11 is 5.48. The number of nitrogens with one attached hydrogen (secondary N) is 1. The van der Waals surface area contributed by atoms with Gasteiger partial charge < -0.3 is 5.32 Å². The largest absolute Gasteiger partial charge is 0.356 e. The molecule has 1 aliphatic heterocycles. The van der Waals surface area contributed by atoms with Gasteiger partial charge in [0.05, 0.1) is 0 Å². The van der Waals surface area contributed by atoms with Crippen molar-refractivity contribution in [3.05, 3.63) is 11.1 Å². The van der Waals surface area contributed by atoms with Crippen LogP contribution in [0, 0.1) is 5.92 Å². The average molecular weight is 174 g/mol. The second kappa shape index (κ2) is 3.77. The normalized spacial score (nSPS) is 25.5.